The highest BCUT2D eigenvalue weighted by Crippen LogP contribution is 2.28. The zero-order chi connectivity index (χ0) is 11.4. The molecule has 0 fully saturated rings. The third kappa shape index (κ3) is 2.43. The van der Waals surface area contributed by atoms with Gasteiger partial charge in [0.2, 0.25) is 6.41 Å². The summed E-state index contributed by atoms with van der Waals surface area (Å²) in [5.41, 5.74) is 0.141. The molecule has 6 nitrogen and oxygen atoms in total. The quantitative estimate of drug-likeness (QED) is 0.442. The number of benzene rings is 1. The Kier molecular flexibility index (Phi) is 3.22. The lowest BCUT2D eigenvalue weighted by Gasteiger charge is -2.10. The number of aromatic hydroxyl groups is 1. The van der Waals surface area contributed by atoms with Crippen molar-refractivity contribution < 1.29 is 14.8 Å². The number of nitro groups is 1. The first-order chi connectivity index (χ1) is 7.06. The highest BCUT2D eigenvalue weighted by Gasteiger charge is 2.18. The number of hydrogen-bond donors (Lipinski definition) is 2. The fourth-order valence-corrected chi connectivity index (χ4v) is 1.25. The van der Waals surface area contributed by atoms with Crippen molar-refractivity contribution in [2.24, 2.45) is 0 Å². The fourth-order valence-electron chi connectivity index (χ4n) is 1.25. The Bertz CT molecular complexity index is 392. The Hall–Kier alpha value is -2.11. The minimum atomic E-state index is -0.558. The molecular formula is C9H10N2O4. The van der Waals surface area contributed by atoms with Crippen molar-refractivity contribution >= 4 is 12.1 Å². The lowest BCUT2D eigenvalue weighted by molar-refractivity contribution is -0.385. The van der Waals surface area contributed by atoms with Gasteiger partial charge in [-0.3, -0.25) is 14.9 Å². The Morgan fingerprint density at radius 2 is 2.27 bits per heavy atom. The normalized spacial score (nSPS) is 11.8. The number of nitro benzene ring substituents is 1. The van der Waals surface area contributed by atoms with Crippen LogP contribution < -0.4 is 5.32 Å². The maximum absolute atomic E-state index is 10.6. The number of nitrogens with one attached hydrogen (secondary N) is 1. The summed E-state index contributed by atoms with van der Waals surface area (Å²) in [6.45, 7) is 1.59. The molecule has 1 aromatic rings. The number of nitrogens with zero attached hydrogens (tertiary/aromatic N) is 1. The molecule has 1 aromatic carbocycles. The maximum atomic E-state index is 10.6. The Morgan fingerprint density at radius 3 is 2.80 bits per heavy atom. The van der Waals surface area contributed by atoms with Gasteiger partial charge < -0.3 is 10.4 Å². The molecule has 0 bridgehead atoms. The highest BCUT2D eigenvalue weighted by atomic mass is 16.6. The van der Waals surface area contributed by atoms with E-state index in [0.717, 1.165) is 0 Å². The molecule has 0 spiro atoms. The second kappa shape index (κ2) is 4.41. The molecule has 6 heteroatoms. The van der Waals surface area contributed by atoms with Crippen LogP contribution in [-0.4, -0.2) is 16.4 Å². The van der Waals surface area contributed by atoms with Gasteiger partial charge in [0.1, 0.15) is 5.75 Å². The summed E-state index contributed by atoms with van der Waals surface area (Å²) in [5.74, 6) is -0.0739. The van der Waals surface area contributed by atoms with Crippen LogP contribution in [0.2, 0.25) is 0 Å². The molecule has 0 aliphatic heterocycles. The van der Waals surface area contributed by atoms with Crippen LogP contribution >= 0.6 is 0 Å². The summed E-state index contributed by atoms with van der Waals surface area (Å²) < 4.78 is 0. The number of carbonyl (C=O) groups is 1. The molecule has 0 saturated carbocycles. The predicted octanol–water partition coefficient (Wildman–Crippen LogP) is 1.11. The molecule has 1 atom stereocenters. The summed E-state index contributed by atoms with van der Waals surface area (Å²) in [5, 5.41) is 22.2. The maximum Gasteiger partial charge on any atom is 0.274 e. The first kappa shape index (κ1) is 11.0. The smallest absolute Gasteiger partial charge is 0.274 e. The number of rotatable bonds is 4. The molecule has 0 radical (unpaired) electrons. The molecule has 80 valence electrons. The number of hydrogen-bond acceptors (Lipinski definition) is 4. The van der Waals surface area contributed by atoms with Crippen molar-refractivity contribution in [1.29, 1.82) is 0 Å². The number of carbonyl (C=O) groups excluding carboxylic acids is 1. The first-order valence-corrected chi connectivity index (χ1v) is 4.23. The van der Waals surface area contributed by atoms with Crippen LogP contribution in [0.5, 0.6) is 5.75 Å². The summed E-state index contributed by atoms with van der Waals surface area (Å²) in [6, 6.07) is 3.18. The topological polar surface area (TPSA) is 92.5 Å². The van der Waals surface area contributed by atoms with Gasteiger partial charge >= 0.3 is 0 Å². The van der Waals surface area contributed by atoms with Gasteiger partial charge in [0.15, 0.2) is 0 Å². The second-order valence-electron chi connectivity index (χ2n) is 3.01. The van der Waals surface area contributed by atoms with Gasteiger partial charge in [0, 0.05) is 6.07 Å². The minimum absolute atomic E-state index is 0.0739. The summed E-state index contributed by atoms with van der Waals surface area (Å²) in [6.07, 6.45) is 0.457. The van der Waals surface area contributed by atoms with E-state index >= 15 is 0 Å². The summed E-state index contributed by atoms with van der Waals surface area (Å²) in [7, 11) is 0. The number of amides is 1. The number of phenolic OH excluding ortho intramolecular Hbond substituents is 1. The molecule has 2 N–H and O–H groups in total. The Morgan fingerprint density at radius 1 is 1.60 bits per heavy atom. The average molecular weight is 210 g/mol. The van der Waals surface area contributed by atoms with E-state index in [9.17, 15) is 20.0 Å². The molecule has 0 aliphatic carbocycles. The third-order valence-electron chi connectivity index (χ3n) is 1.99. The minimum Gasteiger partial charge on any atom is -0.508 e. The van der Waals surface area contributed by atoms with E-state index in [4.69, 9.17) is 0 Å². The Labute approximate surface area is 85.7 Å². The summed E-state index contributed by atoms with van der Waals surface area (Å²) in [4.78, 5) is 20.3. The van der Waals surface area contributed by atoms with Crippen molar-refractivity contribution in [3.63, 3.8) is 0 Å². The van der Waals surface area contributed by atoms with Gasteiger partial charge in [-0.15, -0.1) is 0 Å². The lowest BCUT2D eigenvalue weighted by Crippen LogP contribution is -2.17. The molecule has 15 heavy (non-hydrogen) atoms. The molecule has 0 aromatic heterocycles. The van der Waals surface area contributed by atoms with E-state index in [0.29, 0.717) is 6.41 Å². The fraction of sp³-hybridized carbons (Fsp3) is 0.222. The van der Waals surface area contributed by atoms with Crippen LogP contribution in [0.4, 0.5) is 5.69 Å². The van der Waals surface area contributed by atoms with E-state index in [1.54, 1.807) is 6.92 Å². The first-order valence-electron chi connectivity index (χ1n) is 4.23. The summed E-state index contributed by atoms with van der Waals surface area (Å²) >= 11 is 0. The zero-order valence-electron chi connectivity index (χ0n) is 8.01. The molecule has 1 unspecified atom stereocenters. The van der Waals surface area contributed by atoms with E-state index in [2.05, 4.69) is 5.32 Å². The van der Waals surface area contributed by atoms with Gasteiger partial charge in [-0.25, -0.2) is 0 Å². The van der Waals surface area contributed by atoms with Gasteiger partial charge in [-0.2, -0.15) is 0 Å². The lowest BCUT2D eigenvalue weighted by atomic mass is 10.1. The van der Waals surface area contributed by atoms with E-state index < -0.39 is 11.0 Å². The van der Waals surface area contributed by atoms with Gasteiger partial charge in [0.25, 0.3) is 5.69 Å². The molecule has 1 amide bonds. The van der Waals surface area contributed by atoms with E-state index in [1.807, 2.05) is 0 Å². The van der Waals surface area contributed by atoms with Crippen LogP contribution in [0.15, 0.2) is 18.2 Å². The SMILES string of the molecule is CC(NC=O)c1cc(O)ccc1[N+](=O)[O-]. The van der Waals surface area contributed by atoms with Crippen LogP contribution in [0.25, 0.3) is 0 Å². The average Bonchev–Trinajstić information content (AvgIpc) is 2.17. The van der Waals surface area contributed by atoms with Crippen LogP contribution in [0.3, 0.4) is 0 Å². The largest absolute Gasteiger partial charge is 0.508 e. The van der Waals surface area contributed by atoms with Crippen molar-refractivity contribution in [3.05, 3.63) is 33.9 Å². The molecular weight excluding hydrogens is 200 g/mol. The second-order valence-corrected chi connectivity index (χ2v) is 3.01. The monoisotopic (exact) mass is 210 g/mol. The molecule has 1 rings (SSSR count). The number of phenols is 1. The van der Waals surface area contributed by atoms with Crippen molar-refractivity contribution in [3.8, 4) is 5.75 Å². The predicted molar refractivity (Wildman–Crippen MR) is 52.4 cm³/mol. The Balaban J connectivity index is 3.17. The van der Waals surface area contributed by atoms with Gasteiger partial charge in [0.05, 0.1) is 16.5 Å². The van der Waals surface area contributed by atoms with Crippen molar-refractivity contribution in [2.45, 2.75) is 13.0 Å². The van der Waals surface area contributed by atoms with Crippen LogP contribution in [0, 0.1) is 10.1 Å². The van der Waals surface area contributed by atoms with E-state index in [1.165, 1.54) is 18.2 Å². The van der Waals surface area contributed by atoms with Gasteiger partial charge in [-0.05, 0) is 19.1 Å². The van der Waals surface area contributed by atoms with Crippen LogP contribution in [0.1, 0.15) is 18.5 Å². The molecule has 0 aliphatic rings. The molecule has 0 heterocycles. The van der Waals surface area contributed by atoms with Crippen molar-refractivity contribution in [1.82, 2.24) is 5.32 Å². The third-order valence-corrected chi connectivity index (χ3v) is 1.99. The highest BCUT2D eigenvalue weighted by molar-refractivity contribution is 5.52. The van der Waals surface area contributed by atoms with Crippen molar-refractivity contribution in [2.75, 3.05) is 0 Å². The standard InChI is InChI=1S/C9H10N2O4/c1-6(10-5-12)8-4-7(13)2-3-9(8)11(14)15/h2-6,13H,1H3,(H,10,12). The van der Waals surface area contributed by atoms with Crippen LogP contribution in [-0.2, 0) is 4.79 Å². The van der Waals surface area contributed by atoms with E-state index in [-0.39, 0.29) is 17.0 Å². The molecule has 0 saturated heterocycles. The zero-order valence-corrected chi connectivity index (χ0v) is 8.01. The van der Waals surface area contributed by atoms with Gasteiger partial charge in [-0.1, -0.05) is 0 Å².